The number of rotatable bonds is 6. The van der Waals surface area contributed by atoms with Crippen LogP contribution in [0.3, 0.4) is 0 Å². The molecular formula is C20H26N4O4. The number of hydrogen-bond donors (Lipinski definition) is 2. The minimum Gasteiger partial charge on any atom is -0.489 e. The number of ether oxygens (including phenoxy) is 1. The Morgan fingerprint density at radius 1 is 1.57 bits per heavy atom. The van der Waals surface area contributed by atoms with Crippen LogP contribution in [0.15, 0.2) is 48.5 Å². The van der Waals surface area contributed by atoms with Crippen molar-refractivity contribution in [2.24, 2.45) is 0 Å². The van der Waals surface area contributed by atoms with Crippen molar-refractivity contribution < 1.29 is 19.4 Å². The molecule has 2 N–H and O–H groups in total. The average Bonchev–Trinajstić information content (AvgIpc) is 2.80. The first-order chi connectivity index (χ1) is 13.2. The Morgan fingerprint density at radius 2 is 2.29 bits per heavy atom. The van der Waals surface area contributed by atoms with Crippen molar-refractivity contribution in [1.82, 2.24) is 20.2 Å². The molecule has 8 nitrogen and oxygen atoms in total. The molecule has 1 aromatic rings. The zero-order valence-electron chi connectivity index (χ0n) is 16.6. The van der Waals surface area contributed by atoms with Gasteiger partial charge in [0.25, 0.3) is 11.8 Å². The van der Waals surface area contributed by atoms with Crippen molar-refractivity contribution in [3.63, 3.8) is 0 Å². The summed E-state index contributed by atoms with van der Waals surface area (Å²) in [6.07, 6.45) is 6.86. The average molecular weight is 386 g/mol. The van der Waals surface area contributed by atoms with Gasteiger partial charge in [0.2, 0.25) is 5.82 Å². The molecule has 1 aliphatic rings. The van der Waals surface area contributed by atoms with Gasteiger partial charge in [0.15, 0.2) is 0 Å². The molecule has 1 aromatic heterocycles. The summed E-state index contributed by atoms with van der Waals surface area (Å²) < 4.78 is 5.66. The molecule has 0 bridgehead atoms. The maximum absolute atomic E-state index is 12.8. The smallest absolute Gasteiger partial charge is 0.289 e. The fraction of sp³-hybridized carbons (Fsp3) is 0.400. The number of nitrogens with zero attached hydrogens (tertiary/aromatic N) is 3. The Morgan fingerprint density at radius 3 is 2.89 bits per heavy atom. The molecule has 150 valence electrons. The summed E-state index contributed by atoms with van der Waals surface area (Å²) in [5.41, 5.74) is -0.290. The van der Waals surface area contributed by atoms with Crippen LogP contribution in [0.1, 0.15) is 43.5 Å². The standard InChI is InChI=1S/C20H26N4O4/c1-6-9-14-15(7-2)28-12-13(19(26)24(14)5)22-18(25)17-21-11-10-16(23-17)20(4,27)8-3/h6-7,9-11,13,27H,2,8,12H2,1,3-5H3,(H,22,25)/b9-6-/t13-,20?/m0/s1. The van der Waals surface area contributed by atoms with Crippen LogP contribution in [0, 0.1) is 0 Å². The summed E-state index contributed by atoms with van der Waals surface area (Å²) in [6, 6.07) is 0.631. The highest BCUT2D eigenvalue weighted by atomic mass is 16.5. The van der Waals surface area contributed by atoms with Crippen molar-refractivity contribution in [3.8, 4) is 0 Å². The van der Waals surface area contributed by atoms with E-state index in [4.69, 9.17) is 4.74 Å². The lowest BCUT2D eigenvalue weighted by atomic mass is 9.99. The van der Waals surface area contributed by atoms with Gasteiger partial charge in [0.05, 0.1) is 11.4 Å². The Kier molecular flexibility index (Phi) is 6.69. The van der Waals surface area contributed by atoms with Crippen LogP contribution in [-0.2, 0) is 15.1 Å². The Balaban J connectivity index is 2.23. The van der Waals surface area contributed by atoms with E-state index < -0.39 is 17.6 Å². The van der Waals surface area contributed by atoms with E-state index in [1.807, 2.05) is 13.8 Å². The van der Waals surface area contributed by atoms with E-state index in [1.54, 1.807) is 32.2 Å². The highest BCUT2D eigenvalue weighted by Gasteiger charge is 2.32. The number of hydrogen-bond acceptors (Lipinski definition) is 6. The fourth-order valence-electron chi connectivity index (χ4n) is 2.63. The van der Waals surface area contributed by atoms with Gasteiger partial charge < -0.3 is 20.1 Å². The number of carbonyl (C=O) groups is 2. The van der Waals surface area contributed by atoms with Crippen molar-refractivity contribution >= 4 is 11.8 Å². The lowest BCUT2D eigenvalue weighted by Gasteiger charge is -2.22. The van der Waals surface area contributed by atoms with Gasteiger partial charge in [0, 0.05) is 13.2 Å². The Bertz CT molecular complexity index is 829. The molecule has 2 rings (SSSR count). The second-order valence-corrected chi connectivity index (χ2v) is 6.58. The largest absolute Gasteiger partial charge is 0.489 e. The van der Waals surface area contributed by atoms with Crippen molar-refractivity contribution in [3.05, 3.63) is 60.0 Å². The summed E-state index contributed by atoms with van der Waals surface area (Å²) in [7, 11) is 1.60. The third-order valence-corrected chi connectivity index (χ3v) is 4.56. The van der Waals surface area contributed by atoms with Crippen LogP contribution in [0.25, 0.3) is 0 Å². The molecule has 0 aromatic carbocycles. The topological polar surface area (TPSA) is 105 Å². The predicted octanol–water partition coefficient (Wildman–Crippen LogP) is 1.65. The Labute approximate surface area is 164 Å². The summed E-state index contributed by atoms with van der Waals surface area (Å²) in [5, 5.41) is 13.0. The zero-order chi connectivity index (χ0) is 20.9. The number of carbonyl (C=O) groups excluding carboxylic acids is 2. The van der Waals surface area contributed by atoms with Crippen LogP contribution in [0.4, 0.5) is 0 Å². The third kappa shape index (κ3) is 4.45. The van der Waals surface area contributed by atoms with E-state index >= 15 is 0 Å². The quantitative estimate of drug-likeness (QED) is 0.770. The van der Waals surface area contributed by atoms with Gasteiger partial charge in [0.1, 0.15) is 24.0 Å². The van der Waals surface area contributed by atoms with Crippen LogP contribution < -0.4 is 5.32 Å². The number of amides is 2. The molecule has 8 heteroatoms. The maximum atomic E-state index is 12.8. The van der Waals surface area contributed by atoms with Gasteiger partial charge in [-0.2, -0.15) is 0 Å². The first-order valence-electron chi connectivity index (χ1n) is 9.01. The highest BCUT2D eigenvalue weighted by molar-refractivity contribution is 5.95. The lowest BCUT2D eigenvalue weighted by molar-refractivity contribution is -0.130. The molecule has 0 spiro atoms. The summed E-state index contributed by atoms with van der Waals surface area (Å²) >= 11 is 0. The molecule has 2 heterocycles. The van der Waals surface area contributed by atoms with E-state index in [-0.39, 0.29) is 18.3 Å². The van der Waals surface area contributed by atoms with Crippen LogP contribution >= 0.6 is 0 Å². The molecule has 0 radical (unpaired) electrons. The zero-order valence-corrected chi connectivity index (χ0v) is 16.6. The molecule has 0 aliphatic carbocycles. The van der Waals surface area contributed by atoms with E-state index in [9.17, 15) is 14.7 Å². The minimum absolute atomic E-state index is 0.0519. The molecular weight excluding hydrogens is 360 g/mol. The van der Waals surface area contributed by atoms with Gasteiger partial charge in [-0.3, -0.25) is 9.59 Å². The second-order valence-electron chi connectivity index (χ2n) is 6.58. The number of aliphatic hydroxyl groups is 1. The highest BCUT2D eigenvalue weighted by Crippen LogP contribution is 2.22. The van der Waals surface area contributed by atoms with E-state index in [0.29, 0.717) is 23.6 Å². The lowest BCUT2D eigenvalue weighted by Crippen LogP contribution is -2.48. The van der Waals surface area contributed by atoms with Crippen LogP contribution in [0.2, 0.25) is 0 Å². The molecule has 28 heavy (non-hydrogen) atoms. The van der Waals surface area contributed by atoms with E-state index in [1.165, 1.54) is 17.2 Å². The maximum Gasteiger partial charge on any atom is 0.289 e. The van der Waals surface area contributed by atoms with Crippen molar-refractivity contribution in [2.75, 3.05) is 13.7 Å². The first-order valence-corrected chi connectivity index (χ1v) is 9.01. The van der Waals surface area contributed by atoms with Gasteiger partial charge in [-0.05, 0) is 38.5 Å². The number of nitrogens with one attached hydrogen (secondary N) is 1. The van der Waals surface area contributed by atoms with E-state index in [2.05, 4.69) is 21.9 Å². The monoisotopic (exact) mass is 386 g/mol. The van der Waals surface area contributed by atoms with Gasteiger partial charge in [-0.25, -0.2) is 9.97 Å². The second kappa shape index (κ2) is 8.79. The van der Waals surface area contributed by atoms with Crippen molar-refractivity contribution in [1.29, 1.82) is 0 Å². The first kappa shape index (κ1) is 21.3. The van der Waals surface area contributed by atoms with Crippen molar-refractivity contribution in [2.45, 2.75) is 38.8 Å². The molecule has 1 unspecified atom stereocenters. The van der Waals surface area contributed by atoms with Crippen LogP contribution in [-0.4, -0.2) is 51.5 Å². The van der Waals surface area contributed by atoms with E-state index in [0.717, 1.165) is 0 Å². The SMILES string of the molecule is C=CC1=C(/C=C\C)N(C)C(=O)[C@@H](NC(=O)c2nccc(C(C)(O)CC)n2)CO1. The number of allylic oxidation sites excluding steroid dienone is 3. The van der Waals surface area contributed by atoms with Gasteiger partial charge in [-0.1, -0.05) is 19.6 Å². The molecule has 2 atom stereocenters. The fourth-order valence-corrected chi connectivity index (χ4v) is 2.63. The predicted molar refractivity (Wildman–Crippen MR) is 104 cm³/mol. The molecule has 2 amide bonds. The summed E-state index contributed by atoms with van der Waals surface area (Å²) in [6.45, 7) is 8.90. The van der Waals surface area contributed by atoms with Gasteiger partial charge >= 0.3 is 0 Å². The number of aromatic nitrogens is 2. The molecule has 0 fully saturated rings. The Hall–Kier alpha value is -3.00. The molecule has 0 saturated carbocycles. The van der Waals surface area contributed by atoms with Gasteiger partial charge in [-0.15, -0.1) is 0 Å². The van der Waals surface area contributed by atoms with Crippen LogP contribution in [0.5, 0.6) is 0 Å². The number of likely N-dealkylation sites (N-methyl/N-ethyl adjacent to an activating group) is 1. The summed E-state index contributed by atoms with van der Waals surface area (Å²) in [5.74, 6) is -0.645. The molecule has 1 aliphatic heterocycles. The minimum atomic E-state index is -1.18. The normalized spacial score (nSPS) is 19.8. The third-order valence-electron chi connectivity index (χ3n) is 4.56. The summed E-state index contributed by atoms with van der Waals surface area (Å²) in [4.78, 5) is 34.9. The molecule has 0 saturated heterocycles.